The molecule has 0 N–H and O–H groups in total. The third-order valence-electron chi connectivity index (χ3n) is 14.3. The SMILES string of the molecule is CC.CC.CC.CC.CC.Cc1ccc2ccc3ccc(C)nc3c2n1.Cc1ccc2ccc3ccc(C)nc3c2n1.Cc1ccc2ccc3ccc(C)nc3c2n1.Cc1ccc2ccc3cccnc3c2n1.[CH3-].[CH3-].[CH3-].[CH3-].[W].[W].[W].[W].c1ccccc1.c1ccccc1.c1ccccc1.c1ccccc1.c1ccccc1. The first kappa shape index (κ1) is 111. The largest absolute Gasteiger partial charge is 0.358 e. The first-order chi connectivity index (χ1) is 50.6. The topological polar surface area (TPSA) is 103 Å². The molecule has 0 aliphatic heterocycles. The van der Waals surface area contributed by atoms with Crippen molar-refractivity contribution >= 4 is 87.2 Å². The number of hydrogen-bond donors (Lipinski definition) is 0. The maximum Gasteiger partial charge on any atom is 0.0967 e. The van der Waals surface area contributed by atoms with Gasteiger partial charge in [0.1, 0.15) is 0 Å². The molecule has 8 heterocycles. The molecule has 0 unspecified atom stereocenters. The number of aromatic nitrogens is 8. The van der Waals surface area contributed by atoms with E-state index >= 15 is 0 Å². The van der Waals surface area contributed by atoms with Crippen LogP contribution in [0.4, 0.5) is 0 Å². The zero-order valence-electron chi connectivity index (χ0n) is 69.5. The summed E-state index contributed by atoms with van der Waals surface area (Å²) in [6.45, 7) is 34.0. The van der Waals surface area contributed by atoms with Crippen LogP contribution < -0.4 is 0 Å². The second-order valence-corrected chi connectivity index (χ2v) is 21.8. The zero-order valence-corrected chi connectivity index (χ0v) is 81.2. The molecule has 0 radical (unpaired) electrons. The molecule has 17 aromatic rings. The molecule has 0 fully saturated rings. The van der Waals surface area contributed by atoms with Crippen molar-refractivity contribution in [3.8, 4) is 0 Å². The molecule has 17 rings (SSSR count). The summed E-state index contributed by atoms with van der Waals surface area (Å²) in [6, 6.07) is 110. The van der Waals surface area contributed by atoms with Crippen molar-refractivity contribution in [2.24, 2.45) is 0 Å². The summed E-state index contributed by atoms with van der Waals surface area (Å²) >= 11 is 0. The van der Waals surface area contributed by atoms with E-state index in [2.05, 4.69) is 137 Å². The zero-order chi connectivity index (χ0) is 74.8. The van der Waals surface area contributed by atoms with Crippen LogP contribution in [0, 0.1) is 78.2 Å². The first-order valence-electron chi connectivity index (χ1n) is 36.1. The summed E-state index contributed by atoms with van der Waals surface area (Å²) in [6.07, 6.45) is 1.81. The monoisotopic (exact) mass is 2150 g/mol. The average Bonchev–Trinajstić information content (AvgIpc) is 0.810. The molecule has 582 valence electrons. The predicted octanol–water partition coefficient (Wildman–Crippen LogP) is 28.6. The van der Waals surface area contributed by atoms with Gasteiger partial charge in [-0.1, -0.05) is 348 Å². The fraction of sp³-hybridized carbons (Fsp3) is 0.172. The average molecular weight is 2160 g/mol. The van der Waals surface area contributed by atoms with Gasteiger partial charge in [0.25, 0.3) is 0 Å². The molecule has 0 saturated heterocycles. The standard InChI is InChI=1S/3C14H12N2.C13H10N2.5C6H6.5C2H6.4CH3.4W/c3*1-9-3-5-11-7-8-12-6-4-10(2)16-14(12)13(11)15-9;1-9-4-5-11-7-6-10-3-2-8-14-12(10)13(11)15-9;5*1-2-4-6-5-3-1;5*1-2;;;;;;;;/h3*3-8H,1-2H3;2-8H,1H3;5*1-6H;5*1-2H3;4*1H3;;;;/q;;;;;;;;;;;;;;4*-1;;;;. The molecular weight excluding hydrogens is 2040 g/mol. The maximum atomic E-state index is 4.58. The van der Waals surface area contributed by atoms with Gasteiger partial charge in [0.05, 0.1) is 44.1 Å². The Balaban J connectivity index is -0.000000381. The summed E-state index contributed by atoms with van der Waals surface area (Å²) in [5.74, 6) is 0. The van der Waals surface area contributed by atoms with E-state index < -0.39 is 0 Å². The third kappa shape index (κ3) is 39.2. The van der Waals surface area contributed by atoms with E-state index in [0.717, 1.165) is 127 Å². The van der Waals surface area contributed by atoms with Gasteiger partial charge in [-0.15, -0.1) is 0 Å². The van der Waals surface area contributed by atoms with Crippen molar-refractivity contribution in [1.29, 1.82) is 0 Å². The molecule has 8 aromatic heterocycles. The normalized spacial score (nSPS) is 8.73. The van der Waals surface area contributed by atoms with Crippen molar-refractivity contribution in [3.05, 3.63) is 403 Å². The van der Waals surface area contributed by atoms with E-state index in [1.54, 1.807) is 0 Å². The van der Waals surface area contributed by atoms with Crippen molar-refractivity contribution in [2.45, 2.75) is 118 Å². The maximum absolute atomic E-state index is 4.58. The Morgan fingerprint density at radius 3 is 0.387 bits per heavy atom. The number of benzene rings is 9. The van der Waals surface area contributed by atoms with Gasteiger partial charge in [-0.25, -0.2) is 0 Å². The molecule has 12 heteroatoms. The van der Waals surface area contributed by atoms with Crippen LogP contribution in [0.25, 0.3) is 87.2 Å². The fourth-order valence-electron chi connectivity index (χ4n) is 9.63. The van der Waals surface area contributed by atoms with Gasteiger partial charge >= 0.3 is 0 Å². The third-order valence-corrected chi connectivity index (χ3v) is 14.3. The van der Waals surface area contributed by atoms with Crippen LogP contribution in [0.5, 0.6) is 0 Å². The van der Waals surface area contributed by atoms with Crippen LogP contribution in [0.2, 0.25) is 0 Å². The molecule has 111 heavy (non-hydrogen) atoms. The Hall–Kier alpha value is -8.99. The number of rotatable bonds is 0. The predicted molar refractivity (Wildman–Crippen MR) is 476 cm³/mol. The smallest absolute Gasteiger partial charge is 0.0967 e. The molecule has 0 saturated carbocycles. The second kappa shape index (κ2) is 66.8. The van der Waals surface area contributed by atoms with Gasteiger partial charge in [-0.3, -0.25) is 39.9 Å². The van der Waals surface area contributed by atoms with Crippen molar-refractivity contribution in [2.75, 3.05) is 0 Å². The summed E-state index contributed by atoms with van der Waals surface area (Å²) in [5.41, 5.74) is 15.2. The molecular formula is C99H118N8W4-4. The molecule has 0 aliphatic carbocycles. The Labute approximate surface area is 725 Å². The van der Waals surface area contributed by atoms with Crippen molar-refractivity contribution in [1.82, 2.24) is 39.9 Å². The van der Waals surface area contributed by atoms with Gasteiger partial charge in [0.15, 0.2) is 0 Å². The van der Waals surface area contributed by atoms with Crippen LogP contribution in [0.3, 0.4) is 0 Å². The minimum absolute atomic E-state index is 0. The van der Waals surface area contributed by atoms with E-state index in [0.29, 0.717) is 0 Å². The van der Waals surface area contributed by atoms with E-state index in [1.807, 2.05) is 354 Å². The molecule has 0 spiro atoms. The first-order valence-corrected chi connectivity index (χ1v) is 36.1. The Kier molecular flexibility index (Phi) is 66.5. The molecule has 0 aliphatic rings. The van der Waals surface area contributed by atoms with E-state index in [1.165, 1.54) is 0 Å². The second-order valence-electron chi connectivity index (χ2n) is 21.8. The summed E-state index contributed by atoms with van der Waals surface area (Å²) in [7, 11) is 0. The molecule has 0 bridgehead atoms. The van der Waals surface area contributed by atoms with E-state index in [4.69, 9.17) is 0 Å². The molecule has 0 atom stereocenters. The minimum atomic E-state index is 0. The van der Waals surface area contributed by atoms with Gasteiger partial charge in [-0.05, 0) is 97.0 Å². The molecule has 0 amide bonds. The van der Waals surface area contributed by atoms with Crippen LogP contribution in [-0.2, 0) is 84.3 Å². The number of pyridine rings is 8. The quantitative estimate of drug-likeness (QED) is 0.109. The van der Waals surface area contributed by atoms with Gasteiger partial charge in [-0.2, -0.15) is 0 Å². The Morgan fingerprint density at radius 2 is 0.252 bits per heavy atom. The van der Waals surface area contributed by atoms with Gasteiger partial charge in [0.2, 0.25) is 0 Å². The fourth-order valence-corrected chi connectivity index (χ4v) is 9.63. The Morgan fingerprint density at radius 1 is 0.144 bits per heavy atom. The van der Waals surface area contributed by atoms with Crippen molar-refractivity contribution < 1.29 is 84.3 Å². The molecule has 9 aromatic carbocycles. The minimum Gasteiger partial charge on any atom is -0.358 e. The van der Waals surface area contributed by atoms with Crippen LogP contribution in [0.15, 0.2) is 334 Å². The van der Waals surface area contributed by atoms with Gasteiger partial charge in [0, 0.05) is 173 Å². The van der Waals surface area contributed by atoms with Gasteiger partial charge < -0.3 is 29.7 Å². The van der Waals surface area contributed by atoms with Crippen LogP contribution in [-0.4, -0.2) is 39.9 Å². The number of hydrogen-bond acceptors (Lipinski definition) is 8. The number of aryl methyl sites for hydroxylation is 7. The summed E-state index contributed by atoms with van der Waals surface area (Å²) in [5, 5.41) is 9.18. The van der Waals surface area contributed by atoms with Crippen LogP contribution >= 0.6 is 0 Å². The van der Waals surface area contributed by atoms with E-state index in [9.17, 15) is 0 Å². The summed E-state index contributed by atoms with van der Waals surface area (Å²) in [4.78, 5) is 36.4. The summed E-state index contributed by atoms with van der Waals surface area (Å²) < 4.78 is 0. The van der Waals surface area contributed by atoms with Crippen LogP contribution in [0.1, 0.15) is 109 Å². The number of fused-ring (bicyclic) bond motifs is 12. The number of nitrogens with zero attached hydrogens (tertiary/aromatic N) is 8. The van der Waals surface area contributed by atoms with Crippen molar-refractivity contribution in [3.63, 3.8) is 0 Å². The Bertz CT molecular complexity index is 4290. The molecule has 8 nitrogen and oxygen atoms in total. The van der Waals surface area contributed by atoms with E-state index in [-0.39, 0.29) is 114 Å².